The van der Waals surface area contributed by atoms with Gasteiger partial charge in [-0.15, -0.1) is 0 Å². The number of nitrogens with one attached hydrogen (secondary N) is 3. The molecule has 39 heavy (non-hydrogen) atoms. The Balaban J connectivity index is 1.71. The molecule has 1 saturated carbocycles. The number of nitrogen functional groups attached to an aromatic ring is 3. The molecule has 0 saturated heterocycles. The highest BCUT2D eigenvalue weighted by Gasteiger charge is 2.34. The fourth-order valence-corrected chi connectivity index (χ4v) is 5.22. The lowest BCUT2D eigenvalue weighted by Crippen LogP contribution is -2.23. The summed E-state index contributed by atoms with van der Waals surface area (Å²) in [7, 11) is 0. The first kappa shape index (κ1) is 28.1. The summed E-state index contributed by atoms with van der Waals surface area (Å²) in [6, 6.07) is 11.0. The molecule has 0 aliphatic heterocycles. The monoisotopic (exact) mass is 537 g/mol. The number of nitrogens with two attached hydrogens (primary N) is 3. The first-order valence-electron chi connectivity index (χ1n) is 13.2. The minimum atomic E-state index is -0.0130. The maximum Gasteiger partial charge on any atom is 0.128 e. The van der Waals surface area contributed by atoms with Crippen LogP contribution in [0.3, 0.4) is 0 Å². The molecule has 12 N–H and O–H groups in total. The summed E-state index contributed by atoms with van der Waals surface area (Å²) in [6.07, 6.45) is 2.33. The lowest BCUT2D eigenvalue weighted by molar-refractivity contribution is 0.310. The van der Waals surface area contributed by atoms with Crippen LogP contribution in [0.25, 0.3) is 0 Å². The summed E-state index contributed by atoms with van der Waals surface area (Å²) in [5.74, 6) is 1.98. The number of pyridine rings is 3. The molecule has 1 aliphatic carbocycles. The molecule has 3 aromatic heterocycles. The smallest absolute Gasteiger partial charge is 0.128 e. The summed E-state index contributed by atoms with van der Waals surface area (Å²) in [5, 5.41) is 37.1. The third kappa shape index (κ3) is 7.59. The number of hydrogen-bond donors (Lipinski definition) is 9. The van der Waals surface area contributed by atoms with Crippen molar-refractivity contribution >= 4 is 34.5 Å². The van der Waals surface area contributed by atoms with Crippen LogP contribution in [-0.2, 0) is 0 Å². The number of hydrogen-bond acceptors (Lipinski definition) is 12. The Morgan fingerprint density at radius 2 is 0.821 bits per heavy atom. The Morgan fingerprint density at radius 1 is 0.538 bits per heavy atom. The molecule has 0 aromatic carbocycles. The van der Waals surface area contributed by atoms with Crippen molar-refractivity contribution in [2.45, 2.75) is 37.0 Å². The molecule has 0 spiro atoms. The predicted molar refractivity (Wildman–Crippen MR) is 155 cm³/mol. The van der Waals surface area contributed by atoms with E-state index in [1.807, 2.05) is 18.2 Å². The van der Waals surface area contributed by atoms with E-state index in [2.05, 4.69) is 16.0 Å². The predicted octanol–water partition coefficient (Wildman–Crippen LogP) is 1.67. The summed E-state index contributed by atoms with van der Waals surface area (Å²) in [6.45, 7) is 1.08. The third-order valence-electron chi connectivity index (χ3n) is 6.82. The first-order chi connectivity index (χ1) is 18.9. The number of nitrogens with zero attached hydrogens (tertiary/aromatic N) is 3. The first-order valence-corrected chi connectivity index (χ1v) is 13.2. The quantitative estimate of drug-likeness (QED) is 0.161. The second kappa shape index (κ2) is 13.3. The molecule has 0 bridgehead atoms. The highest BCUT2D eigenvalue weighted by molar-refractivity contribution is 5.54. The zero-order chi connectivity index (χ0) is 27.8. The van der Waals surface area contributed by atoms with Crippen molar-refractivity contribution in [3.8, 4) is 0 Å². The van der Waals surface area contributed by atoms with Crippen LogP contribution in [0.5, 0.6) is 0 Å². The van der Waals surface area contributed by atoms with Crippen LogP contribution in [0.2, 0.25) is 0 Å². The zero-order valence-electron chi connectivity index (χ0n) is 22.0. The van der Waals surface area contributed by atoms with Gasteiger partial charge in [-0.1, -0.05) is 0 Å². The average molecular weight is 538 g/mol. The lowest BCUT2D eigenvalue weighted by Gasteiger charge is -2.35. The minimum absolute atomic E-state index is 0.0130. The van der Waals surface area contributed by atoms with Gasteiger partial charge in [0.25, 0.3) is 0 Å². The fourth-order valence-electron chi connectivity index (χ4n) is 5.22. The van der Waals surface area contributed by atoms with E-state index in [0.29, 0.717) is 54.2 Å². The molecule has 12 nitrogen and oxygen atoms in total. The standard InChI is InChI=1S/C27H39N9O3/c28-19-10-22(34-25(13-19)31-1-4-37)16-7-17(23-11-20(29)14-26(35-23)32-2-5-38)9-18(8-16)24-12-21(30)15-27(36-24)33-3-6-39/h10-18,37-39H,1-9H2,(H3,28,31,34)(H3,29,32,35)(H3,30,33,36). The second-order valence-electron chi connectivity index (χ2n) is 9.88. The molecule has 1 aliphatic rings. The Labute approximate surface area is 228 Å². The van der Waals surface area contributed by atoms with Gasteiger partial charge in [-0.05, 0) is 37.5 Å². The second-order valence-corrected chi connectivity index (χ2v) is 9.88. The Kier molecular flexibility index (Phi) is 9.58. The Hall–Kier alpha value is -3.87. The van der Waals surface area contributed by atoms with Gasteiger partial charge in [0.2, 0.25) is 0 Å². The van der Waals surface area contributed by atoms with Crippen molar-refractivity contribution < 1.29 is 15.3 Å². The van der Waals surface area contributed by atoms with Crippen LogP contribution in [0, 0.1) is 0 Å². The average Bonchev–Trinajstić information content (AvgIpc) is 2.92. The van der Waals surface area contributed by atoms with Gasteiger partial charge in [-0.3, -0.25) is 0 Å². The molecular weight excluding hydrogens is 498 g/mol. The summed E-state index contributed by atoms with van der Waals surface area (Å²) in [4.78, 5) is 14.5. The highest BCUT2D eigenvalue weighted by atomic mass is 16.3. The summed E-state index contributed by atoms with van der Waals surface area (Å²) >= 11 is 0. The molecule has 0 atom stereocenters. The van der Waals surface area contributed by atoms with Gasteiger partial charge in [0.05, 0.1) is 19.8 Å². The molecular formula is C27H39N9O3. The van der Waals surface area contributed by atoms with Gasteiger partial charge < -0.3 is 48.5 Å². The van der Waals surface area contributed by atoms with Crippen LogP contribution in [0.1, 0.15) is 54.1 Å². The lowest BCUT2D eigenvalue weighted by atomic mass is 9.71. The molecule has 4 rings (SSSR count). The molecule has 210 valence electrons. The molecule has 0 radical (unpaired) electrons. The highest BCUT2D eigenvalue weighted by Crippen LogP contribution is 2.48. The molecule has 12 heteroatoms. The number of aliphatic hydroxyl groups excluding tert-OH is 3. The normalized spacial score (nSPS) is 19.0. The van der Waals surface area contributed by atoms with E-state index in [4.69, 9.17) is 32.2 Å². The van der Waals surface area contributed by atoms with Crippen LogP contribution >= 0.6 is 0 Å². The van der Waals surface area contributed by atoms with E-state index in [9.17, 15) is 15.3 Å². The fraction of sp³-hybridized carbons (Fsp3) is 0.444. The van der Waals surface area contributed by atoms with Gasteiger partial charge in [-0.25, -0.2) is 15.0 Å². The Bertz CT molecular complexity index is 1090. The van der Waals surface area contributed by atoms with Crippen LogP contribution in [0.15, 0.2) is 36.4 Å². The van der Waals surface area contributed by atoms with E-state index in [0.717, 1.165) is 36.3 Å². The summed E-state index contributed by atoms with van der Waals surface area (Å²) in [5.41, 5.74) is 23.1. The maximum absolute atomic E-state index is 9.24. The van der Waals surface area contributed by atoms with Crippen LogP contribution < -0.4 is 33.2 Å². The molecule has 0 unspecified atom stereocenters. The van der Waals surface area contributed by atoms with Crippen LogP contribution in [0.4, 0.5) is 34.5 Å². The van der Waals surface area contributed by atoms with E-state index >= 15 is 0 Å². The molecule has 3 aromatic rings. The van der Waals surface area contributed by atoms with E-state index in [-0.39, 0.29) is 37.6 Å². The van der Waals surface area contributed by atoms with E-state index in [1.165, 1.54) is 0 Å². The van der Waals surface area contributed by atoms with Crippen molar-refractivity contribution in [3.05, 3.63) is 53.5 Å². The topological polar surface area (TPSA) is 214 Å². The van der Waals surface area contributed by atoms with Crippen molar-refractivity contribution in [1.82, 2.24) is 15.0 Å². The van der Waals surface area contributed by atoms with Crippen molar-refractivity contribution in [3.63, 3.8) is 0 Å². The molecule has 1 fully saturated rings. The number of aliphatic hydroxyl groups is 3. The maximum atomic E-state index is 9.24. The SMILES string of the molecule is Nc1cc(NCCO)nc(C2CC(c3cc(N)cc(NCCO)n3)CC(c3cc(N)cc(NCCO)n3)C2)c1. The number of aromatic nitrogens is 3. The number of anilines is 6. The van der Waals surface area contributed by atoms with Crippen molar-refractivity contribution in [2.75, 3.05) is 72.6 Å². The van der Waals surface area contributed by atoms with Gasteiger partial charge in [0.15, 0.2) is 0 Å². The van der Waals surface area contributed by atoms with Gasteiger partial charge in [0, 0.05) is 89.7 Å². The molecule has 3 heterocycles. The van der Waals surface area contributed by atoms with Gasteiger partial charge in [-0.2, -0.15) is 0 Å². The Morgan fingerprint density at radius 3 is 1.08 bits per heavy atom. The van der Waals surface area contributed by atoms with Crippen LogP contribution in [-0.4, -0.2) is 69.7 Å². The van der Waals surface area contributed by atoms with Crippen molar-refractivity contribution in [2.24, 2.45) is 0 Å². The molecule has 0 amide bonds. The minimum Gasteiger partial charge on any atom is -0.399 e. The van der Waals surface area contributed by atoms with Gasteiger partial charge >= 0.3 is 0 Å². The largest absolute Gasteiger partial charge is 0.399 e. The summed E-state index contributed by atoms with van der Waals surface area (Å²) < 4.78 is 0. The number of rotatable bonds is 12. The van der Waals surface area contributed by atoms with Crippen molar-refractivity contribution in [1.29, 1.82) is 0 Å². The third-order valence-corrected chi connectivity index (χ3v) is 6.82. The van der Waals surface area contributed by atoms with E-state index in [1.54, 1.807) is 18.2 Å². The zero-order valence-corrected chi connectivity index (χ0v) is 22.0. The van der Waals surface area contributed by atoms with E-state index < -0.39 is 0 Å². The van der Waals surface area contributed by atoms with Gasteiger partial charge in [0.1, 0.15) is 17.5 Å².